The Balaban J connectivity index is 1.79. The Bertz CT molecular complexity index is 772. The number of hydrogen-bond acceptors (Lipinski definition) is 6. The molecule has 2 aromatic carbocycles. The van der Waals surface area contributed by atoms with Crippen LogP contribution in [-0.4, -0.2) is 34.0 Å². The lowest BCUT2D eigenvalue weighted by Gasteiger charge is -2.14. The van der Waals surface area contributed by atoms with E-state index in [0.717, 1.165) is 5.56 Å². The zero-order valence-corrected chi connectivity index (χ0v) is 14.3. The van der Waals surface area contributed by atoms with Crippen LogP contribution in [0.15, 0.2) is 30.3 Å². The van der Waals surface area contributed by atoms with Crippen LogP contribution in [0.25, 0.3) is 0 Å². The van der Waals surface area contributed by atoms with Gasteiger partial charge in [0.15, 0.2) is 11.5 Å². The summed E-state index contributed by atoms with van der Waals surface area (Å²) in [4.78, 5) is 12.3. The molecular formula is C18H19NO6. The fraction of sp³-hybridized carbons (Fsp3) is 0.278. The van der Waals surface area contributed by atoms with Gasteiger partial charge < -0.3 is 29.0 Å². The monoisotopic (exact) mass is 345 g/mol. The minimum absolute atomic E-state index is 0.101. The minimum Gasteiger partial charge on any atom is -0.497 e. The molecule has 132 valence electrons. The first-order valence-corrected chi connectivity index (χ1v) is 7.63. The highest BCUT2D eigenvalue weighted by Gasteiger charge is 2.27. The molecule has 3 rings (SSSR count). The van der Waals surface area contributed by atoms with Gasteiger partial charge in [0, 0.05) is 17.7 Å². The van der Waals surface area contributed by atoms with E-state index in [4.69, 9.17) is 23.7 Å². The van der Waals surface area contributed by atoms with Crippen molar-refractivity contribution >= 4 is 5.91 Å². The maximum atomic E-state index is 12.3. The van der Waals surface area contributed by atoms with E-state index in [-0.39, 0.29) is 19.2 Å². The summed E-state index contributed by atoms with van der Waals surface area (Å²) in [6.07, 6.45) is 0. The Hall–Kier alpha value is -3.09. The van der Waals surface area contributed by atoms with Crippen LogP contribution in [0.2, 0.25) is 0 Å². The molecule has 1 aliphatic heterocycles. The van der Waals surface area contributed by atoms with Gasteiger partial charge in [0.2, 0.25) is 18.3 Å². The molecule has 0 fully saturated rings. The van der Waals surface area contributed by atoms with E-state index in [1.165, 1.54) is 0 Å². The maximum absolute atomic E-state index is 12.3. The number of carbonyl (C=O) groups excluding carboxylic acids is 1. The normalized spacial score (nSPS) is 11.8. The predicted octanol–water partition coefficient (Wildman–Crippen LogP) is 2.37. The van der Waals surface area contributed by atoms with E-state index in [1.54, 1.807) is 51.7 Å². The highest BCUT2D eigenvalue weighted by Crippen LogP contribution is 2.49. The van der Waals surface area contributed by atoms with E-state index in [9.17, 15) is 4.79 Å². The predicted molar refractivity (Wildman–Crippen MR) is 89.8 cm³/mol. The van der Waals surface area contributed by atoms with Gasteiger partial charge in [-0.05, 0) is 30.3 Å². The Morgan fingerprint density at radius 3 is 2.40 bits per heavy atom. The van der Waals surface area contributed by atoms with Crippen molar-refractivity contribution in [1.82, 2.24) is 5.32 Å². The Morgan fingerprint density at radius 1 is 1.04 bits per heavy atom. The standard InChI is InChI=1S/C18H19NO6/c1-21-13-6-4-11(5-7-13)18(20)19-9-12-8-14(22-2)16-17(15(12)23-3)25-10-24-16/h4-8H,9-10H2,1-3H3,(H,19,20). The molecular weight excluding hydrogens is 326 g/mol. The largest absolute Gasteiger partial charge is 0.497 e. The van der Waals surface area contributed by atoms with Gasteiger partial charge >= 0.3 is 0 Å². The number of fused-ring (bicyclic) bond motifs is 1. The van der Waals surface area contributed by atoms with Crippen LogP contribution in [-0.2, 0) is 6.54 Å². The van der Waals surface area contributed by atoms with Crippen LogP contribution in [0.1, 0.15) is 15.9 Å². The van der Waals surface area contributed by atoms with Crippen LogP contribution in [0, 0.1) is 0 Å². The van der Waals surface area contributed by atoms with E-state index in [1.807, 2.05) is 0 Å². The summed E-state index contributed by atoms with van der Waals surface area (Å²) < 4.78 is 26.7. The second-order valence-corrected chi connectivity index (χ2v) is 5.25. The Kier molecular flexibility index (Phi) is 4.83. The maximum Gasteiger partial charge on any atom is 0.251 e. The van der Waals surface area contributed by atoms with Crippen molar-refractivity contribution in [2.24, 2.45) is 0 Å². The molecule has 0 aliphatic carbocycles. The fourth-order valence-electron chi connectivity index (χ4n) is 2.59. The lowest BCUT2D eigenvalue weighted by atomic mass is 10.1. The van der Waals surface area contributed by atoms with E-state index in [2.05, 4.69) is 5.32 Å². The quantitative estimate of drug-likeness (QED) is 0.866. The Morgan fingerprint density at radius 2 is 1.76 bits per heavy atom. The molecule has 0 radical (unpaired) electrons. The molecule has 1 aliphatic rings. The van der Waals surface area contributed by atoms with Crippen LogP contribution in [0.3, 0.4) is 0 Å². The zero-order valence-electron chi connectivity index (χ0n) is 14.3. The molecule has 7 nitrogen and oxygen atoms in total. The van der Waals surface area contributed by atoms with Gasteiger partial charge in [-0.25, -0.2) is 0 Å². The second kappa shape index (κ2) is 7.21. The molecule has 1 N–H and O–H groups in total. The summed E-state index contributed by atoms with van der Waals surface area (Å²) >= 11 is 0. The molecule has 0 unspecified atom stereocenters. The highest BCUT2D eigenvalue weighted by atomic mass is 16.7. The van der Waals surface area contributed by atoms with Gasteiger partial charge in [-0.2, -0.15) is 0 Å². The number of benzene rings is 2. The number of methoxy groups -OCH3 is 3. The summed E-state index contributed by atoms with van der Waals surface area (Å²) in [7, 11) is 4.66. The van der Waals surface area contributed by atoms with Crippen molar-refractivity contribution in [3.05, 3.63) is 41.5 Å². The molecule has 0 saturated heterocycles. The van der Waals surface area contributed by atoms with Crippen molar-refractivity contribution in [3.8, 4) is 28.7 Å². The third kappa shape index (κ3) is 3.26. The molecule has 0 bridgehead atoms. The van der Waals surface area contributed by atoms with Crippen molar-refractivity contribution in [1.29, 1.82) is 0 Å². The van der Waals surface area contributed by atoms with Gasteiger partial charge in [0.05, 0.1) is 21.3 Å². The van der Waals surface area contributed by atoms with Crippen molar-refractivity contribution in [2.75, 3.05) is 28.1 Å². The molecule has 1 amide bonds. The number of ether oxygens (including phenoxy) is 5. The third-order valence-electron chi connectivity index (χ3n) is 3.86. The third-order valence-corrected chi connectivity index (χ3v) is 3.86. The molecule has 2 aromatic rings. The zero-order chi connectivity index (χ0) is 17.8. The minimum atomic E-state index is -0.207. The summed E-state index contributed by atoms with van der Waals surface area (Å²) in [5.41, 5.74) is 1.26. The molecule has 0 spiro atoms. The number of rotatable bonds is 6. The van der Waals surface area contributed by atoms with Gasteiger partial charge in [-0.1, -0.05) is 0 Å². The van der Waals surface area contributed by atoms with Crippen molar-refractivity contribution in [2.45, 2.75) is 6.54 Å². The SMILES string of the molecule is COc1ccc(C(=O)NCc2cc(OC)c3c(c2OC)OCO3)cc1. The first-order chi connectivity index (χ1) is 12.2. The Labute approximate surface area is 145 Å². The van der Waals surface area contributed by atoms with Gasteiger partial charge in [0.25, 0.3) is 5.91 Å². The summed E-state index contributed by atoms with van der Waals surface area (Å²) in [5.74, 6) is 2.52. The number of hydrogen-bond donors (Lipinski definition) is 1. The molecule has 1 heterocycles. The second-order valence-electron chi connectivity index (χ2n) is 5.25. The van der Waals surface area contributed by atoms with E-state index in [0.29, 0.717) is 34.3 Å². The van der Waals surface area contributed by atoms with E-state index >= 15 is 0 Å². The summed E-state index contributed by atoms with van der Waals surface area (Å²) in [6.45, 7) is 0.352. The number of carbonyl (C=O) groups is 1. The number of nitrogens with one attached hydrogen (secondary N) is 1. The molecule has 25 heavy (non-hydrogen) atoms. The van der Waals surface area contributed by atoms with E-state index < -0.39 is 0 Å². The van der Waals surface area contributed by atoms with Crippen LogP contribution in [0.4, 0.5) is 0 Å². The number of amides is 1. The topological polar surface area (TPSA) is 75.3 Å². The van der Waals surface area contributed by atoms with Crippen LogP contribution < -0.4 is 29.0 Å². The summed E-state index contributed by atoms with van der Waals surface area (Å²) in [5, 5.41) is 2.86. The highest BCUT2D eigenvalue weighted by molar-refractivity contribution is 5.94. The molecule has 0 aromatic heterocycles. The average molecular weight is 345 g/mol. The van der Waals surface area contributed by atoms with Crippen LogP contribution >= 0.6 is 0 Å². The van der Waals surface area contributed by atoms with Crippen molar-refractivity contribution in [3.63, 3.8) is 0 Å². The molecule has 0 atom stereocenters. The van der Waals surface area contributed by atoms with Gasteiger partial charge in [0.1, 0.15) is 5.75 Å². The molecule has 0 saturated carbocycles. The lowest BCUT2D eigenvalue weighted by Crippen LogP contribution is -2.23. The summed E-state index contributed by atoms with van der Waals surface area (Å²) in [6, 6.07) is 8.64. The smallest absolute Gasteiger partial charge is 0.251 e. The first-order valence-electron chi connectivity index (χ1n) is 7.63. The van der Waals surface area contributed by atoms with Crippen LogP contribution in [0.5, 0.6) is 28.7 Å². The first kappa shape index (κ1) is 16.8. The van der Waals surface area contributed by atoms with Gasteiger partial charge in [-0.3, -0.25) is 4.79 Å². The fourth-order valence-corrected chi connectivity index (χ4v) is 2.59. The van der Waals surface area contributed by atoms with Gasteiger partial charge in [-0.15, -0.1) is 0 Å². The lowest BCUT2D eigenvalue weighted by molar-refractivity contribution is 0.0950. The van der Waals surface area contributed by atoms with Crippen molar-refractivity contribution < 1.29 is 28.5 Å². The average Bonchev–Trinajstić information content (AvgIpc) is 3.14. The molecule has 7 heteroatoms.